The predicted molar refractivity (Wildman–Crippen MR) is 129 cm³/mol. The summed E-state index contributed by atoms with van der Waals surface area (Å²) in [5.74, 6) is 1.30. The van der Waals surface area contributed by atoms with Crippen LogP contribution >= 0.6 is 0 Å². The average molecular weight is 456 g/mol. The number of esters is 1. The van der Waals surface area contributed by atoms with Gasteiger partial charge in [0.2, 0.25) is 0 Å². The molecule has 0 N–H and O–H groups in total. The van der Waals surface area contributed by atoms with Gasteiger partial charge in [0.05, 0.1) is 37.1 Å². The third-order valence-electron chi connectivity index (χ3n) is 5.76. The number of carbonyl (C=O) groups excluding carboxylic acids is 1. The molecule has 0 saturated carbocycles. The third-order valence-corrected chi connectivity index (χ3v) is 5.76. The molecule has 0 unspecified atom stereocenters. The first-order chi connectivity index (χ1) is 16.7. The maximum atomic E-state index is 12.1. The summed E-state index contributed by atoms with van der Waals surface area (Å²) >= 11 is 0. The zero-order valence-electron chi connectivity index (χ0n) is 18.8. The molecule has 4 aromatic rings. The minimum atomic E-state index is -0.349. The van der Waals surface area contributed by atoms with Gasteiger partial charge in [0, 0.05) is 24.8 Å². The molecule has 0 aliphatic carbocycles. The number of benzene rings is 2. The highest BCUT2D eigenvalue weighted by Gasteiger charge is 2.29. The van der Waals surface area contributed by atoms with Crippen LogP contribution in [0.3, 0.4) is 0 Å². The lowest BCUT2D eigenvalue weighted by molar-refractivity contribution is 0.0600. The van der Waals surface area contributed by atoms with Crippen LogP contribution in [-0.2, 0) is 11.3 Å². The molecule has 1 fully saturated rings. The summed E-state index contributed by atoms with van der Waals surface area (Å²) in [6.07, 6.45) is 7.53. The summed E-state index contributed by atoms with van der Waals surface area (Å²) in [5, 5.41) is 0. The van der Waals surface area contributed by atoms with Crippen molar-refractivity contribution in [3.8, 4) is 17.2 Å². The molecule has 2 aromatic carbocycles. The van der Waals surface area contributed by atoms with Crippen LogP contribution in [-0.4, -0.2) is 41.8 Å². The van der Waals surface area contributed by atoms with Gasteiger partial charge in [-0.05, 0) is 48.0 Å². The molecule has 0 bridgehead atoms. The Bertz CT molecular complexity index is 1250. The Labute approximate surface area is 198 Å². The molecular formula is C27H25N3O4. The Morgan fingerprint density at radius 1 is 0.971 bits per heavy atom. The molecule has 1 aliphatic rings. The number of nitrogens with zero attached hydrogens (tertiary/aromatic N) is 3. The second-order valence-corrected chi connectivity index (χ2v) is 8.05. The summed E-state index contributed by atoms with van der Waals surface area (Å²) in [4.78, 5) is 18.3. The van der Waals surface area contributed by atoms with Crippen LogP contribution in [0.15, 0.2) is 91.5 Å². The zero-order chi connectivity index (χ0) is 23.3. The van der Waals surface area contributed by atoms with E-state index in [1.54, 1.807) is 18.5 Å². The van der Waals surface area contributed by atoms with E-state index in [1.807, 2.05) is 77.6 Å². The molecule has 2 aromatic heterocycles. The minimum absolute atomic E-state index is 0.129. The molecule has 7 nitrogen and oxygen atoms in total. The van der Waals surface area contributed by atoms with Crippen molar-refractivity contribution in [3.05, 3.63) is 103 Å². The maximum Gasteiger partial charge on any atom is 0.339 e. The number of para-hydroxylation sites is 1. The van der Waals surface area contributed by atoms with E-state index in [-0.39, 0.29) is 12.1 Å². The van der Waals surface area contributed by atoms with E-state index >= 15 is 0 Å². The Balaban J connectivity index is 1.14. The molecule has 5 rings (SSSR count). The number of ether oxygens (including phenoxy) is 3. The van der Waals surface area contributed by atoms with Crippen molar-refractivity contribution in [2.45, 2.75) is 12.7 Å². The van der Waals surface area contributed by atoms with E-state index in [2.05, 4.69) is 9.88 Å². The number of anilines is 1. The predicted octanol–water partition coefficient (Wildman–Crippen LogP) is 4.51. The van der Waals surface area contributed by atoms with Crippen molar-refractivity contribution in [1.29, 1.82) is 0 Å². The summed E-state index contributed by atoms with van der Waals surface area (Å²) in [6, 6.07) is 21.1. The van der Waals surface area contributed by atoms with Crippen LogP contribution in [0.2, 0.25) is 0 Å². The lowest BCUT2D eigenvalue weighted by Crippen LogP contribution is -2.53. The first-order valence-electron chi connectivity index (χ1n) is 11.1. The summed E-state index contributed by atoms with van der Waals surface area (Å²) in [7, 11) is 1.39. The Kier molecular flexibility index (Phi) is 6.16. The SMILES string of the molecule is COC(=O)c1ccccc1-n1ccc(N2CC(Oc3ccc(COc4ccncc4)cc3)C2)c1. The van der Waals surface area contributed by atoms with Crippen molar-refractivity contribution in [3.63, 3.8) is 0 Å². The molecule has 3 heterocycles. The largest absolute Gasteiger partial charge is 0.489 e. The molecule has 7 heteroatoms. The highest BCUT2D eigenvalue weighted by atomic mass is 16.5. The smallest absolute Gasteiger partial charge is 0.339 e. The molecule has 0 radical (unpaired) electrons. The molecule has 0 amide bonds. The van der Waals surface area contributed by atoms with E-state index in [1.165, 1.54) is 7.11 Å². The van der Waals surface area contributed by atoms with Crippen molar-refractivity contribution in [2.75, 3.05) is 25.1 Å². The van der Waals surface area contributed by atoms with E-state index in [4.69, 9.17) is 14.2 Å². The zero-order valence-corrected chi connectivity index (χ0v) is 18.8. The van der Waals surface area contributed by atoms with Gasteiger partial charge in [-0.1, -0.05) is 24.3 Å². The number of aromatic nitrogens is 2. The number of pyridine rings is 1. The Morgan fingerprint density at radius 2 is 1.74 bits per heavy atom. The van der Waals surface area contributed by atoms with Crippen LogP contribution in [0.4, 0.5) is 5.69 Å². The number of methoxy groups -OCH3 is 1. The van der Waals surface area contributed by atoms with Gasteiger partial charge in [0.25, 0.3) is 0 Å². The van der Waals surface area contributed by atoms with E-state index < -0.39 is 0 Å². The van der Waals surface area contributed by atoms with Crippen LogP contribution in [0.1, 0.15) is 15.9 Å². The fraction of sp³-hybridized carbons (Fsp3) is 0.185. The highest BCUT2D eigenvalue weighted by molar-refractivity contribution is 5.93. The first-order valence-corrected chi connectivity index (χ1v) is 11.1. The van der Waals surface area contributed by atoms with Gasteiger partial charge >= 0.3 is 5.97 Å². The van der Waals surface area contributed by atoms with E-state index in [9.17, 15) is 4.79 Å². The number of hydrogen-bond acceptors (Lipinski definition) is 6. The second kappa shape index (κ2) is 9.70. The number of rotatable bonds is 8. The first kappa shape index (κ1) is 21.6. The van der Waals surface area contributed by atoms with Crippen molar-refractivity contribution in [2.24, 2.45) is 0 Å². The van der Waals surface area contributed by atoms with Gasteiger partial charge in [-0.15, -0.1) is 0 Å². The van der Waals surface area contributed by atoms with Crippen LogP contribution in [0, 0.1) is 0 Å². The average Bonchev–Trinajstić information content (AvgIpc) is 3.35. The Morgan fingerprint density at radius 3 is 2.50 bits per heavy atom. The fourth-order valence-corrected chi connectivity index (χ4v) is 3.88. The normalized spacial score (nSPS) is 13.3. The van der Waals surface area contributed by atoms with Gasteiger partial charge in [-0.2, -0.15) is 0 Å². The molecule has 1 aliphatic heterocycles. The summed E-state index contributed by atoms with van der Waals surface area (Å²) in [6.45, 7) is 2.10. The van der Waals surface area contributed by atoms with Gasteiger partial charge in [0.15, 0.2) is 0 Å². The Hall–Kier alpha value is -4.26. The van der Waals surface area contributed by atoms with Crippen LogP contribution < -0.4 is 14.4 Å². The van der Waals surface area contributed by atoms with E-state index in [0.29, 0.717) is 12.2 Å². The van der Waals surface area contributed by atoms with Crippen LogP contribution in [0.25, 0.3) is 5.69 Å². The number of hydrogen-bond donors (Lipinski definition) is 0. The van der Waals surface area contributed by atoms with Gasteiger partial charge in [-0.25, -0.2) is 4.79 Å². The molecule has 0 spiro atoms. The molecule has 34 heavy (non-hydrogen) atoms. The lowest BCUT2D eigenvalue weighted by Gasteiger charge is -2.40. The van der Waals surface area contributed by atoms with Gasteiger partial charge in [-0.3, -0.25) is 4.98 Å². The topological polar surface area (TPSA) is 65.8 Å². The second-order valence-electron chi connectivity index (χ2n) is 8.05. The fourth-order valence-electron chi connectivity index (χ4n) is 3.88. The maximum absolute atomic E-state index is 12.1. The van der Waals surface area contributed by atoms with Crippen molar-refractivity contribution >= 4 is 11.7 Å². The standard InChI is InChI=1S/C27H25N3O4/c1-32-27(31)25-4-2-3-5-26(25)29-15-12-21(16-29)30-17-24(18-30)34-23-8-6-20(7-9-23)19-33-22-10-13-28-14-11-22/h2-16,24H,17-19H2,1H3. The number of carbonyl (C=O) groups is 1. The van der Waals surface area contributed by atoms with E-state index in [0.717, 1.165) is 41.5 Å². The lowest BCUT2D eigenvalue weighted by atomic mass is 10.1. The molecule has 1 saturated heterocycles. The molecule has 172 valence electrons. The quantitative estimate of drug-likeness (QED) is 0.365. The van der Waals surface area contributed by atoms with Crippen LogP contribution in [0.5, 0.6) is 11.5 Å². The third kappa shape index (κ3) is 4.73. The van der Waals surface area contributed by atoms with Gasteiger partial charge in [0.1, 0.15) is 24.2 Å². The molecule has 0 atom stereocenters. The van der Waals surface area contributed by atoms with Gasteiger partial charge < -0.3 is 23.7 Å². The molecular weight excluding hydrogens is 430 g/mol. The van der Waals surface area contributed by atoms with Crippen molar-refractivity contribution < 1.29 is 19.0 Å². The monoisotopic (exact) mass is 455 g/mol. The summed E-state index contributed by atoms with van der Waals surface area (Å²) < 4.78 is 18.7. The van der Waals surface area contributed by atoms with Crippen molar-refractivity contribution in [1.82, 2.24) is 9.55 Å². The summed E-state index contributed by atoms with van der Waals surface area (Å²) in [5.41, 5.74) is 3.49. The minimum Gasteiger partial charge on any atom is -0.489 e. The highest BCUT2D eigenvalue weighted by Crippen LogP contribution is 2.27.